The number of nitrogens with one attached hydrogen (secondary N) is 1. The van der Waals surface area contributed by atoms with Gasteiger partial charge in [0.25, 0.3) is 5.91 Å². The van der Waals surface area contributed by atoms with E-state index >= 15 is 0 Å². The van der Waals surface area contributed by atoms with Crippen LogP contribution in [-0.4, -0.2) is 31.8 Å². The molecular formula is C27H27N5O2S3. The summed E-state index contributed by atoms with van der Waals surface area (Å²) >= 11 is 4.26. The zero-order valence-electron chi connectivity index (χ0n) is 20.5. The first kappa shape index (κ1) is 26.7. The molecule has 3 N–H and O–H groups in total. The van der Waals surface area contributed by atoms with Gasteiger partial charge >= 0.3 is 0 Å². The van der Waals surface area contributed by atoms with Crippen LogP contribution < -0.4 is 11.1 Å². The monoisotopic (exact) mass is 549 g/mol. The SMILES string of the molecule is C=CCn1c(CSc2ccccc2)nnc1SC(C)C(=O)Nc1scc(-c2ccc(C)cc2)c1C(N)=O. The highest BCUT2D eigenvalue weighted by Gasteiger charge is 2.24. The molecule has 1 atom stereocenters. The summed E-state index contributed by atoms with van der Waals surface area (Å²) in [6.07, 6.45) is 1.78. The van der Waals surface area contributed by atoms with Crippen LogP contribution in [0.25, 0.3) is 11.1 Å². The Labute approximate surface area is 228 Å². The summed E-state index contributed by atoms with van der Waals surface area (Å²) in [6.45, 7) is 8.18. The fraction of sp³-hybridized carbons (Fsp3) is 0.185. The van der Waals surface area contributed by atoms with E-state index in [1.165, 1.54) is 23.1 Å². The maximum absolute atomic E-state index is 13.1. The average molecular weight is 550 g/mol. The first-order valence-electron chi connectivity index (χ1n) is 11.5. The number of carbonyl (C=O) groups excluding carboxylic acids is 2. The highest BCUT2D eigenvalue weighted by Crippen LogP contribution is 2.36. The number of aryl methyl sites for hydroxylation is 1. The molecule has 0 aliphatic carbocycles. The van der Waals surface area contributed by atoms with Gasteiger partial charge in [-0.05, 0) is 31.5 Å². The van der Waals surface area contributed by atoms with Crippen molar-refractivity contribution in [3.8, 4) is 11.1 Å². The van der Waals surface area contributed by atoms with Crippen LogP contribution in [0.2, 0.25) is 0 Å². The molecule has 2 heterocycles. The third-order valence-electron chi connectivity index (χ3n) is 5.50. The molecule has 10 heteroatoms. The Bertz CT molecular complexity index is 1400. The van der Waals surface area contributed by atoms with Crippen LogP contribution in [-0.2, 0) is 17.1 Å². The second-order valence-corrected chi connectivity index (χ2v) is 11.5. The third kappa shape index (κ3) is 6.51. The van der Waals surface area contributed by atoms with Crippen LogP contribution in [0.15, 0.2) is 82.7 Å². The summed E-state index contributed by atoms with van der Waals surface area (Å²) in [6, 6.07) is 17.9. The van der Waals surface area contributed by atoms with Crippen LogP contribution in [0.3, 0.4) is 0 Å². The molecule has 4 aromatic rings. The zero-order chi connectivity index (χ0) is 26.4. The predicted molar refractivity (Wildman–Crippen MR) is 153 cm³/mol. The predicted octanol–water partition coefficient (Wildman–Crippen LogP) is 6.01. The average Bonchev–Trinajstić information content (AvgIpc) is 3.48. The van der Waals surface area contributed by atoms with Gasteiger partial charge in [0.05, 0.1) is 16.6 Å². The van der Waals surface area contributed by atoms with Crippen molar-refractivity contribution in [2.75, 3.05) is 5.32 Å². The van der Waals surface area contributed by atoms with Crippen molar-refractivity contribution in [3.05, 3.63) is 89.6 Å². The van der Waals surface area contributed by atoms with Gasteiger partial charge in [-0.2, -0.15) is 0 Å². The van der Waals surface area contributed by atoms with Gasteiger partial charge in [0.1, 0.15) is 10.8 Å². The molecule has 0 bridgehead atoms. The maximum atomic E-state index is 13.1. The molecule has 1 unspecified atom stereocenters. The van der Waals surface area contributed by atoms with Crippen molar-refractivity contribution in [2.45, 2.75) is 41.4 Å². The number of carbonyl (C=O) groups is 2. The third-order valence-corrected chi connectivity index (χ3v) is 8.49. The van der Waals surface area contributed by atoms with Gasteiger partial charge in [-0.3, -0.25) is 9.59 Å². The Morgan fingerprint density at radius 1 is 1.16 bits per heavy atom. The van der Waals surface area contributed by atoms with Crippen molar-refractivity contribution < 1.29 is 9.59 Å². The molecule has 2 aromatic heterocycles. The minimum Gasteiger partial charge on any atom is -0.365 e. The molecule has 0 radical (unpaired) electrons. The van der Waals surface area contributed by atoms with Crippen LogP contribution in [0.4, 0.5) is 5.00 Å². The fourth-order valence-electron chi connectivity index (χ4n) is 3.56. The molecular weight excluding hydrogens is 523 g/mol. The largest absolute Gasteiger partial charge is 0.365 e. The number of thiophene rings is 1. The van der Waals surface area contributed by atoms with E-state index in [1.807, 2.05) is 59.3 Å². The Balaban J connectivity index is 1.48. The quantitative estimate of drug-likeness (QED) is 0.175. The van der Waals surface area contributed by atoms with E-state index < -0.39 is 11.2 Å². The van der Waals surface area contributed by atoms with Gasteiger partial charge in [-0.15, -0.1) is 39.9 Å². The van der Waals surface area contributed by atoms with E-state index in [0.717, 1.165) is 21.8 Å². The lowest BCUT2D eigenvalue weighted by Gasteiger charge is -2.13. The van der Waals surface area contributed by atoms with E-state index in [9.17, 15) is 9.59 Å². The smallest absolute Gasteiger partial charge is 0.252 e. The van der Waals surface area contributed by atoms with Gasteiger partial charge in [-0.25, -0.2) is 0 Å². The number of hydrogen-bond acceptors (Lipinski definition) is 7. The van der Waals surface area contributed by atoms with Gasteiger partial charge in [0.2, 0.25) is 5.91 Å². The maximum Gasteiger partial charge on any atom is 0.252 e. The number of amides is 2. The van der Waals surface area contributed by atoms with Crippen LogP contribution in [0.5, 0.6) is 0 Å². The van der Waals surface area contributed by atoms with Gasteiger partial charge < -0.3 is 15.6 Å². The Kier molecular flexibility index (Phi) is 8.86. The molecule has 2 aromatic carbocycles. The number of thioether (sulfide) groups is 2. The lowest BCUT2D eigenvalue weighted by Crippen LogP contribution is -2.24. The molecule has 0 spiro atoms. The molecule has 37 heavy (non-hydrogen) atoms. The van der Waals surface area contributed by atoms with Crippen molar-refractivity contribution in [1.82, 2.24) is 14.8 Å². The standard InChI is InChI=1S/C27H27N5O2S3/c1-4-14-32-22(16-35-20-8-6-5-7-9-20)30-31-27(32)37-18(3)25(34)29-26-23(24(28)33)21(15-36-26)19-12-10-17(2)11-13-19/h4-13,15,18H,1,14,16H2,2-3H3,(H2,28,33)(H,29,34). The number of benzene rings is 2. The van der Waals surface area contributed by atoms with Gasteiger partial charge in [-0.1, -0.05) is 65.9 Å². The number of nitrogens with two attached hydrogens (primary N) is 1. The summed E-state index contributed by atoms with van der Waals surface area (Å²) in [5.74, 6) is 0.614. The normalized spacial score (nSPS) is 11.7. The van der Waals surface area contributed by atoms with Crippen molar-refractivity contribution >= 4 is 51.7 Å². The molecule has 7 nitrogen and oxygen atoms in total. The van der Waals surface area contributed by atoms with Crippen LogP contribution in [0.1, 0.15) is 28.7 Å². The highest BCUT2D eigenvalue weighted by atomic mass is 32.2. The van der Waals surface area contributed by atoms with E-state index in [-0.39, 0.29) is 5.91 Å². The van der Waals surface area contributed by atoms with Crippen molar-refractivity contribution in [2.24, 2.45) is 5.73 Å². The van der Waals surface area contributed by atoms with Crippen LogP contribution in [0, 0.1) is 6.92 Å². The molecule has 0 saturated carbocycles. The first-order chi connectivity index (χ1) is 17.9. The molecule has 0 aliphatic rings. The Morgan fingerprint density at radius 2 is 1.89 bits per heavy atom. The van der Waals surface area contributed by atoms with E-state index in [1.54, 1.807) is 24.8 Å². The molecule has 4 rings (SSSR count). The molecule has 0 aliphatic heterocycles. The first-order valence-corrected chi connectivity index (χ1v) is 14.3. The van der Waals surface area contributed by atoms with Crippen molar-refractivity contribution in [3.63, 3.8) is 0 Å². The number of nitrogens with zero attached hydrogens (tertiary/aromatic N) is 3. The summed E-state index contributed by atoms with van der Waals surface area (Å²) in [4.78, 5) is 26.6. The number of rotatable bonds is 11. The molecule has 0 saturated heterocycles. The van der Waals surface area contributed by atoms with E-state index in [0.29, 0.717) is 33.6 Å². The summed E-state index contributed by atoms with van der Waals surface area (Å²) in [7, 11) is 0. The van der Waals surface area contributed by atoms with Gasteiger partial charge in [0, 0.05) is 22.4 Å². The minimum atomic E-state index is -0.585. The second kappa shape index (κ2) is 12.3. The molecule has 2 amide bonds. The summed E-state index contributed by atoms with van der Waals surface area (Å²) in [5, 5.41) is 14.0. The second-order valence-electron chi connectivity index (χ2n) is 8.23. The number of primary amides is 1. The van der Waals surface area contributed by atoms with E-state index in [2.05, 4.69) is 34.2 Å². The van der Waals surface area contributed by atoms with Gasteiger partial charge in [0.15, 0.2) is 5.16 Å². The number of aromatic nitrogens is 3. The topological polar surface area (TPSA) is 103 Å². The lowest BCUT2D eigenvalue weighted by molar-refractivity contribution is -0.115. The lowest BCUT2D eigenvalue weighted by atomic mass is 10.0. The highest BCUT2D eigenvalue weighted by molar-refractivity contribution is 8.00. The summed E-state index contributed by atoms with van der Waals surface area (Å²) in [5.41, 5.74) is 8.72. The Hall–Kier alpha value is -3.34. The zero-order valence-corrected chi connectivity index (χ0v) is 23.0. The van der Waals surface area contributed by atoms with Crippen LogP contribution >= 0.6 is 34.9 Å². The minimum absolute atomic E-state index is 0.252. The van der Waals surface area contributed by atoms with E-state index in [4.69, 9.17) is 5.73 Å². The summed E-state index contributed by atoms with van der Waals surface area (Å²) < 4.78 is 1.97. The Morgan fingerprint density at radius 3 is 2.57 bits per heavy atom. The fourth-order valence-corrected chi connectivity index (χ4v) is 6.27. The number of anilines is 1. The number of hydrogen-bond donors (Lipinski definition) is 2. The van der Waals surface area contributed by atoms with Crippen molar-refractivity contribution in [1.29, 1.82) is 0 Å². The number of allylic oxidation sites excluding steroid dienone is 1. The molecule has 190 valence electrons. The molecule has 0 fully saturated rings.